The molecule has 1 heterocycles. The molecule has 0 aliphatic carbocycles. The van der Waals surface area contributed by atoms with Crippen molar-refractivity contribution in [2.24, 2.45) is 0 Å². The minimum atomic E-state index is -0.329. The Morgan fingerprint density at radius 2 is 1.93 bits per heavy atom. The van der Waals surface area contributed by atoms with Gasteiger partial charge in [-0.3, -0.25) is 14.2 Å². The molecule has 0 saturated heterocycles. The van der Waals surface area contributed by atoms with Gasteiger partial charge < -0.3 is 10.2 Å². The Morgan fingerprint density at radius 3 is 2.66 bits per heavy atom. The highest BCUT2D eigenvalue weighted by Gasteiger charge is 2.21. The molecule has 150 valence electrons. The monoisotopic (exact) mass is 409 g/mol. The molecule has 0 spiro atoms. The number of amides is 2. The van der Waals surface area contributed by atoms with Crippen molar-refractivity contribution in [2.45, 2.75) is 30.8 Å². The number of carbonyl (C=O) groups excluding carboxylic acids is 2. The molecule has 3 rings (SSSR count). The smallest absolute Gasteiger partial charge is 0.235 e. The van der Waals surface area contributed by atoms with Crippen LogP contribution in [0.25, 0.3) is 5.69 Å². The van der Waals surface area contributed by atoms with E-state index in [2.05, 4.69) is 15.5 Å². The zero-order valence-corrected chi connectivity index (χ0v) is 17.4. The zero-order chi connectivity index (χ0) is 20.8. The summed E-state index contributed by atoms with van der Waals surface area (Å²) in [5, 5.41) is 11.2. The van der Waals surface area contributed by atoms with Gasteiger partial charge in [0.05, 0.1) is 10.9 Å². The number of hydrogen-bond donors (Lipinski definition) is 1. The minimum Gasteiger partial charge on any atom is -0.340 e. The minimum absolute atomic E-state index is 0.0143. The number of carbonyl (C=O) groups is 2. The number of aromatic nitrogens is 3. The Hall–Kier alpha value is -3.13. The second-order valence-electron chi connectivity index (χ2n) is 6.66. The molecular formula is C21H23N5O2S. The molecule has 1 unspecified atom stereocenters. The first-order valence-electron chi connectivity index (χ1n) is 9.17. The van der Waals surface area contributed by atoms with Gasteiger partial charge in [0.2, 0.25) is 11.8 Å². The van der Waals surface area contributed by atoms with Crippen LogP contribution in [0.2, 0.25) is 0 Å². The summed E-state index contributed by atoms with van der Waals surface area (Å²) in [5.41, 5.74) is 2.57. The van der Waals surface area contributed by atoms with Crippen LogP contribution in [0.1, 0.15) is 19.4 Å². The van der Waals surface area contributed by atoms with Crippen LogP contribution in [-0.4, -0.2) is 43.8 Å². The number of anilines is 1. The van der Waals surface area contributed by atoms with Crippen LogP contribution < -0.4 is 5.32 Å². The summed E-state index contributed by atoms with van der Waals surface area (Å²) >= 11 is 1.35. The average Bonchev–Trinajstić information content (AvgIpc) is 3.16. The van der Waals surface area contributed by atoms with Crippen LogP contribution in [0.15, 0.2) is 66.1 Å². The van der Waals surface area contributed by atoms with Gasteiger partial charge >= 0.3 is 0 Å². The number of thioether (sulfide) groups is 1. The number of nitrogens with zero attached hydrogens (tertiary/aromatic N) is 4. The van der Waals surface area contributed by atoms with Crippen molar-refractivity contribution in [1.29, 1.82) is 0 Å². The van der Waals surface area contributed by atoms with Gasteiger partial charge in [-0.15, -0.1) is 10.2 Å². The summed E-state index contributed by atoms with van der Waals surface area (Å²) in [5.74, 6) is -0.124. The zero-order valence-electron chi connectivity index (χ0n) is 16.6. The first-order chi connectivity index (χ1) is 13.9. The van der Waals surface area contributed by atoms with E-state index in [-0.39, 0.29) is 17.1 Å². The molecule has 2 aromatic carbocycles. The topological polar surface area (TPSA) is 80.1 Å². The molecule has 1 N–H and O–H groups in total. The van der Waals surface area contributed by atoms with Gasteiger partial charge in [0, 0.05) is 26.2 Å². The first-order valence-corrected chi connectivity index (χ1v) is 10.1. The molecule has 8 heteroatoms. The lowest BCUT2D eigenvalue weighted by Crippen LogP contribution is -2.32. The molecule has 0 saturated carbocycles. The lowest BCUT2D eigenvalue weighted by molar-refractivity contribution is -0.129. The van der Waals surface area contributed by atoms with E-state index in [9.17, 15) is 9.59 Å². The third kappa shape index (κ3) is 5.45. The van der Waals surface area contributed by atoms with Crippen LogP contribution in [-0.2, 0) is 16.1 Å². The number of nitrogens with one attached hydrogen (secondary N) is 1. The molecule has 1 atom stereocenters. The highest BCUT2D eigenvalue weighted by Crippen LogP contribution is 2.26. The van der Waals surface area contributed by atoms with Crippen LogP contribution in [0.5, 0.6) is 0 Å². The summed E-state index contributed by atoms with van der Waals surface area (Å²) in [7, 11) is 1.80. The Bertz CT molecular complexity index is 990. The molecule has 0 bridgehead atoms. The standard InChI is InChI=1S/C21H23N5O2S/c1-15(20(28)25(3)13-17-8-5-4-6-9-17)29-21-24-22-14-26(21)19-11-7-10-18(12-19)23-16(2)27/h4-12,14-15H,13H2,1-3H3,(H,23,27). The fourth-order valence-electron chi connectivity index (χ4n) is 2.87. The van der Waals surface area contributed by atoms with Gasteiger partial charge in [-0.25, -0.2) is 0 Å². The Kier molecular flexibility index (Phi) is 6.66. The summed E-state index contributed by atoms with van der Waals surface area (Å²) < 4.78 is 1.80. The predicted octanol–water partition coefficient (Wildman–Crippen LogP) is 3.36. The lowest BCUT2D eigenvalue weighted by Gasteiger charge is -2.21. The Morgan fingerprint density at radius 1 is 1.17 bits per heavy atom. The van der Waals surface area contributed by atoms with E-state index in [0.717, 1.165) is 11.3 Å². The summed E-state index contributed by atoms with van der Waals surface area (Å²) in [6.07, 6.45) is 1.60. The van der Waals surface area contributed by atoms with Crippen LogP contribution in [0.3, 0.4) is 0 Å². The van der Waals surface area contributed by atoms with Crippen molar-refractivity contribution < 1.29 is 9.59 Å². The van der Waals surface area contributed by atoms with E-state index in [1.165, 1.54) is 18.7 Å². The van der Waals surface area contributed by atoms with E-state index < -0.39 is 0 Å². The van der Waals surface area contributed by atoms with Gasteiger partial charge in [0.15, 0.2) is 5.16 Å². The van der Waals surface area contributed by atoms with E-state index in [4.69, 9.17) is 0 Å². The molecule has 2 amide bonds. The fraction of sp³-hybridized carbons (Fsp3) is 0.238. The fourth-order valence-corrected chi connectivity index (χ4v) is 3.83. The van der Waals surface area contributed by atoms with Gasteiger partial charge in [-0.1, -0.05) is 48.2 Å². The number of benzene rings is 2. The maximum Gasteiger partial charge on any atom is 0.235 e. The summed E-state index contributed by atoms with van der Waals surface area (Å²) in [6, 6.07) is 17.3. The van der Waals surface area contributed by atoms with Gasteiger partial charge in [-0.05, 0) is 30.7 Å². The summed E-state index contributed by atoms with van der Waals surface area (Å²) in [4.78, 5) is 25.8. The largest absolute Gasteiger partial charge is 0.340 e. The van der Waals surface area contributed by atoms with Crippen LogP contribution in [0, 0.1) is 0 Å². The normalized spacial score (nSPS) is 11.7. The molecule has 1 aromatic heterocycles. The third-order valence-electron chi connectivity index (χ3n) is 4.23. The number of hydrogen-bond acceptors (Lipinski definition) is 5. The van der Waals surface area contributed by atoms with Crippen molar-refractivity contribution in [3.05, 3.63) is 66.5 Å². The van der Waals surface area contributed by atoms with Crippen molar-refractivity contribution in [1.82, 2.24) is 19.7 Å². The maximum absolute atomic E-state index is 12.8. The van der Waals surface area contributed by atoms with Gasteiger partial charge in [0.1, 0.15) is 6.33 Å². The molecule has 0 radical (unpaired) electrons. The van der Waals surface area contributed by atoms with Crippen molar-refractivity contribution >= 4 is 29.3 Å². The van der Waals surface area contributed by atoms with Crippen molar-refractivity contribution in [3.8, 4) is 5.69 Å². The van der Waals surface area contributed by atoms with Gasteiger partial charge in [0.25, 0.3) is 0 Å². The van der Waals surface area contributed by atoms with Crippen LogP contribution >= 0.6 is 11.8 Å². The summed E-state index contributed by atoms with van der Waals surface area (Å²) in [6.45, 7) is 3.88. The van der Waals surface area contributed by atoms with E-state index in [0.29, 0.717) is 17.4 Å². The second kappa shape index (κ2) is 9.38. The van der Waals surface area contributed by atoms with E-state index in [1.54, 1.807) is 22.8 Å². The number of rotatable bonds is 7. The average molecular weight is 410 g/mol. The molecule has 0 aliphatic heterocycles. The second-order valence-corrected chi connectivity index (χ2v) is 7.96. The molecular weight excluding hydrogens is 386 g/mol. The lowest BCUT2D eigenvalue weighted by atomic mass is 10.2. The predicted molar refractivity (Wildman–Crippen MR) is 114 cm³/mol. The molecule has 0 fully saturated rings. The highest BCUT2D eigenvalue weighted by atomic mass is 32.2. The molecule has 29 heavy (non-hydrogen) atoms. The Labute approximate surface area is 174 Å². The van der Waals surface area contributed by atoms with E-state index >= 15 is 0 Å². The Balaban J connectivity index is 1.70. The van der Waals surface area contributed by atoms with E-state index in [1.807, 2.05) is 61.5 Å². The molecule has 3 aromatic rings. The first kappa shape index (κ1) is 20.6. The van der Waals surface area contributed by atoms with Crippen LogP contribution in [0.4, 0.5) is 5.69 Å². The third-order valence-corrected chi connectivity index (χ3v) is 5.27. The molecule has 7 nitrogen and oxygen atoms in total. The highest BCUT2D eigenvalue weighted by molar-refractivity contribution is 8.00. The van der Waals surface area contributed by atoms with Crippen molar-refractivity contribution in [2.75, 3.05) is 12.4 Å². The molecule has 0 aliphatic rings. The van der Waals surface area contributed by atoms with Crippen molar-refractivity contribution in [3.63, 3.8) is 0 Å². The SMILES string of the molecule is CC(=O)Nc1cccc(-n2cnnc2SC(C)C(=O)N(C)Cc2ccccc2)c1. The maximum atomic E-state index is 12.8. The quantitative estimate of drug-likeness (QED) is 0.605. The van der Waals surface area contributed by atoms with Gasteiger partial charge in [-0.2, -0.15) is 0 Å².